The molecule has 1 saturated heterocycles. The van der Waals surface area contributed by atoms with Crippen LogP contribution in [0.15, 0.2) is 41.1 Å². The Morgan fingerprint density at radius 3 is 2.65 bits per heavy atom. The van der Waals surface area contributed by atoms with Gasteiger partial charge >= 0.3 is 0 Å². The zero-order chi connectivity index (χ0) is 16.2. The lowest BCUT2D eigenvalue weighted by molar-refractivity contribution is 0.0638. The number of Topliss-reactive ketones (excluding diaryl/α,β-unsaturated/α-hetero) is 1. The van der Waals surface area contributed by atoms with Crippen LogP contribution in [0.5, 0.6) is 5.75 Å². The van der Waals surface area contributed by atoms with Crippen molar-refractivity contribution in [2.75, 3.05) is 20.2 Å². The van der Waals surface area contributed by atoms with Crippen molar-refractivity contribution in [3.8, 4) is 5.75 Å². The molecule has 3 rings (SSSR count). The van der Waals surface area contributed by atoms with Crippen LogP contribution in [0.1, 0.15) is 33.9 Å². The predicted molar refractivity (Wildman–Crippen MR) is 82.5 cm³/mol. The number of oxazole rings is 1. The lowest BCUT2D eigenvalue weighted by Crippen LogP contribution is -2.40. The van der Waals surface area contributed by atoms with Gasteiger partial charge in [-0.15, -0.1) is 0 Å². The third kappa shape index (κ3) is 3.11. The summed E-state index contributed by atoms with van der Waals surface area (Å²) in [6, 6.07) is 7.17. The number of aromatic nitrogens is 1. The van der Waals surface area contributed by atoms with Gasteiger partial charge in [0.1, 0.15) is 12.0 Å². The summed E-state index contributed by atoms with van der Waals surface area (Å²) in [5.41, 5.74) is 0.549. The fourth-order valence-corrected chi connectivity index (χ4v) is 2.86. The molecule has 2 aromatic rings. The Kier molecular flexibility index (Phi) is 4.41. The maximum Gasteiger partial charge on any atom is 0.263 e. The molecule has 0 bridgehead atoms. The number of carbonyl (C=O) groups excluding carboxylic acids is 2. The minimum atomic E-state index is -0.143. The molecule has 0 spiro atoms. The van der Waals surface area contributed by atoms with Crippen molar-refractivity contribution in [3.63, 3.8) is 0 Å². The molecule has 0 aliphatic carbocycles. The number of ether oxygens (including phenoxy) is 1. The molecule has 0 saturated carbocycles. The second kappa shape index (κ2) is 6.64. The van der Waals surface area contributed by atoms with Crippen LogP contribution >= 0.6 is 0 Å². The largest absolute Gasteiger partial charge is 0.496 e. The van der Waals surface area contributed by atoms with Crippen molar-refractivity contribution in [1.82, 2.24) is 9.88 Å². The Hall–Kier alpha value is -2.63. The molecular weight excluding hydrogens is 296 g/mol. The van der Waals surface area contributed by atoms with Gasteiger partial charge < -0.3 is 14.1 Å². The van der Waals surface area contributed by atoms with E-state index in [1.165, 1.54) is 12.5 Å². The van der Waals surface area contributed by atoms with Gasteiger partial charge in [0.2, 0.25) is 5.78 Å². The predicted octanol–water partition coefficient (Wildman–Crippen LogP) is 2.42. The number of likely N-dealkylation sites (tertiary alicyclic amines) is 1. The molecule has 1 aliphatic rings. The van der Waals surface area contributed by atoms with E-state index in [2.05, 4.69) is 4.98 Å². The molecule has 0 radical (unpaired) electrons. The Balaban J connectivity index is 1.65. The molecule has 120 valence electrons. The Labute approximate surface area is 134 Å². The summed E-state index contributed by atoms with van der Waals surface area (Å²) < 4.78 is 10.3. The van der Waals surface area contributed by atoms with Crippen molar-refractivity contribution in [3.05, 3.63) is 48.2 Å². The van der Waals surface area contributed by atoms with Crippen molar-refractivity contribution >= 4 is 11.7 Å². The highest BCUT2D eigenvalue weighted by Crippen LogP contribution is 2.25. The van der Waals surface area contributed by atoms with Gasteiger partial charge in [0, 0.05) is 19.0 Å². The summed E-state index contributed by atoms with van der Waals surface area (Å²) in [6.45, 7) is 1.07. The lowest BCUT2D eigenvalue weighted by Gasteiger charge is -2.31. The van der Waals surface area contributed by atoms with E-state index in [4.69, 9.17) is 9.15 Å². The monoisotopic (exact) mass is 314 g/mol. The summed E-state index contributed by atoms with van der Waals surface area (Å²) in [7, 11) is 1.55. The first-order valence-electron chi connectivity index (χ1n) is 7.56. The fraction of sp³-hybridized carbons (Fsp3) is 0.353. The molecule has 1 amide bonds. The number of para-hydroxylation sites is 1. The van der Waals surface area contributed by atoms with Gasteiger partial charge in [0.25, 0.3) is 11.8 Å². The highest BCUT2D eigenvalue weighted by molar-refractivity contribution is 5.97. The van der Waals surface area contributed by atoms with Crippen molar-refractivity contribution < 1.29 is 18.7 Å². The van der Waals surface area contributed by atoms with Crippen molar-refractivity contribution in [2.24, 2.45) is 5.92 Å². The minimum Gasteiger partial charge on any atom is -0.496 e. The van der Waals surface area contributed by atoms with Crippen molar-refractivity contribution in [2.45, 2.75) is 12.8 Å². The minimum absolute atomic E-state index is 0.0653. The quantitative estimate of drug-likeness (QED) is 0.810. The number of amides is 1. The summed E-state index contributed by atoms with van der Waals surface area (Å²) >= 11 is 0. The van der Waals surface area contributed by atoms with Crippen LogP contribution in [0.3, 0.4) is 0 Å². The lowest BCUT2D eigenvalue weighted by atomic mass is 9.92. The Bertz CT molecular complexity index is 688. The molecular formula is C17H18N2O4. The highest BCUT2D eigenvalue weighted by Gasteiger charge is 2.30. The van der Waals surface area contributed by atoms with E-state index in [9.17, 15) is 9.59 Å². The Morgan fingerprint density at radius 2 is 2.00 bits per heavy atom. The first kappa shape index (κ1) is 15.3. The van der Waals surface area contributed by atoms with Gasteiger partial charge in [-0.2, -0.15) is 0 Å². The molecule has 1 fully saturated rings. The standard InChI is InChI=1S/C17H18N2O4/c1-22-14-5-3-2-4-13(14)17(21)19-9-6-12(7-10-19)15(20)16-18-8-11-23-16/h2-5,8,11-12H,6-7,9-10H2,1H3. The first-order valence-corrected chi connectivity index (χ1v) is 7.56. The van der Waals surface area contributed by atoms with Crippen LogP contribution in [0.25, 0.3) is 0 Å². The van der Waals surface area contributed by atoms with E-state index in [0.29, 0.717) is 37.2 Å². The zero-order valence-corrected chi connectivity index (χ0v) is 12.9. The van der Waals surface area contributed by atoms with Gasteiger partial charge in [0.05, 0.1) is 18.9 Å². The molecule has 1 aromatic carbocycles. The molecule has 6 heteroatoms. The summed E-state index contributed by atoms with van der Waals surface area (Å²) in [5, 5.41) is 0. The van der Waals surface area contributed by atoms with Crippen LogP contribution < -0.4 is 4.74 Å². The molecule has 0 atom stereocenters. The highest BCUT2D eigenvalue weighted by atomic mass is 16.5. The number of carbonyl (C=O) groups is 2. The third-order valence-electron chi connectivity index (χ3n) is 4.13. The average Bonchev–Trinajstić information content (AvgIpc) is 3.15. The van der Waals surface area contributed by atoms with E-state index in [1.54, 1.807) is 24.1 Å². The van der Waals surface area contributed by atoms with Crippen LogP contribution in [0, 0.1) is 5.92 Å². The number of nitrogens with zero attached hydrogens (tertiary/aromatic N) is 2. The smallest absolute Gasteiger partial charge is 0.263 e. The first-order chi connectivity index (χ1) is 11.2. The number of rotatable bonds is 4. The van der Waals surface area contributed by atoms with E-state index in [1.807, 2.05) is 12.1 Å². The average molecular weight is 314 g/mol. The molecule has 0 unspecified atom stereocenters. The molecule has 1 aromatic heterocycles. The van der Waals surface area contributed by atoms with E-state index < -0.39 is 0 Å². The van der Waals surface area contributed by atoms with Crippen LogP contribution in [0.4, 0.5) is 0 Å². The number of piperidine rings is 1. The summed E-state index contributed by atoms with van der Waals surface area (Å²) in [6.07, 6.45) is 4.09. The van der Waals surface area contributed by atoms with Gasteiger partial charge in [-0.05, 0) is 25.0 Å². The number of hydrogen-bond acceptors (Lipinski definition) is 5. The van der Waals surface area contributed by atoms with Gasteiger partial charge in [0.15, 0.2) is 0 Å². The molecule has 0 N–H and O–H groups in total. The molecule has 2 heterocycles. The topological polar surface area (TPSA) is 72.6 Å². The zero-order valence-electron chi connectivity index (χ0n) is 12.9. The summed E-state index contributed by atoms with van der Waals surface area (Å²) in [4.78, 5) is 30.5. The van der Waals surface area contributed by atoms with E-state index in [0.717, 1.165) is 0 Å². The number of ketones is 1. The van der Waals surface area contributed by atoms with E-state index in [-0.39, 0.29) is 23.5 Å². The second-order valence-corrected chi connectivity index (χ2v) is 5.47. The molecule has 1 aliphatic heterocycles. The SMILES string of the molecule is COc1ccccc1C(=O)N1CCC(C(=O)c2ncco2)CC1. The van der Waals surface area contributed by atoms with Gasteiger partial charge in [-0.1, -0.05) is 12.1 Å². The second-order valence-electron chi connectivity index (χ2n) is 5.47. The fourth-order valence-electron chi connectivity index (χ4n) is 2.86. The van der Waals surface area contributed by atoms with Crippen LogP contribution in [-0.2, 0) is 0 Å². The van der Waals surface area contributed by atoms with Gasteiger partial charge in [-0.25, -0.2) is 4.98 Å². The van der Waals surface area contributed by atoms with Gasteiger partial charge in [-0.3, -0.25) is 9.59 Å². The molecule has 23 heavy (non-hydrogen) atoms. The number of benzene rings is 1. The van der Waals surface area contributed by atoms with Crippen molar-refractivity contribution in [1.29, 1.82) is 0 Å². The normalized spacial score (nSPS) is 15.4. The number of methoxy groups -OCH3 is 1. The number of hydrogen-bond donors (Lipinski definition) is 0. The summed E-state index contributed by atoms with van der Waals surface area (Å²) in [5.74, 6) is 0.425. The Morgan fingerprint density at radius 1 is 1.26 bits per heavy atom. The van der Waals surface area contributed by atoms with Crippen LogP contribution in [0.2, 0.25) is 0 Å². The maximum absolute atomic E-state index is 12.6. The third-order valence-corrected chi connectivity index (χ3v) is 4.13. The van der Waals surface area contributed by atoms with E-state index >= 15 is 0 Å². The maximum atomic E-state index is 12.6. The molecule has 6 nitrogen and oxygen atoms in total. The van der Waals surface area contributed by atoms with Crippen LogP contribution in [-0.4, -0.2) is 41.8 Å².